The largest absolute Gasteiger partial charge is 0.377 e. The van der Waals surface area contributed by atoms with Gasteiger partial charge in [-0.2, -0.15) is 0 Å². The van der Waals surface area contributed by atoms with Crippen molar-refractivity contribution in [2.45, 2.75) is 64.5 Å². The lowest BCUT2D eigenvalue weighted by Crippen LogP contribution is -2.50. The summed E-state index contributed by atoms with van der Waals surface area (Å²) in [5.74, 6) is 0.806. The van der Waals surface area contributed by atoms with Gasteiger partial charge < -0.3 is 10.1 Å². The minimum atomic E-state index is 0.0882. The van der Waals surface area contributed by atoms with Crippen molar-refractivity contribution in [1.82, 2.24) is 5.32 Å². The predicted molar refractivity (Wildman–Crippen MR) is 65.1 cm³/mol. The molecule has 1 saturated carbocycles. The molecule has 0 amide bonds. The first-order valence-electron chi connectivity index (χ1n) is 6.17. The van der Waals surface area contributed by atoms with E-state index in [1.807, 2.05) is 7.11 Å². The molecule has 1 N–H and O–H groups in total. The topological polar surface area (TPSA) is 21.3 Å². The van der Waals surface area contributed by atoms with Crippen molar-refractivity contribution >= 4 is 0 Å². The van der Waals surface area contributed by atoms with Crippen LogP contribution in [0.3, 0.4) is 0 Å². The second-order valence-electron chi connectivity index (χ2n) is 6.19. The van der Waals surface area contributed by atoms with Crippen LogP contribution in [0.15, 0.2) is 0 Å². The molecule has 0 saturated heterocycles. The van der Waals surface area contributed by atoms with Gasteiger partial charge in [0.05, 0.1) is 5.60 Å². The molecule has 0 radical (unpaired) electrons. The summed E-state index contributed by atoms with van der Waals surface area (Å²) in [5.41, 5.74) is 0.275. The summed E-state index contributed by atoms with van der Waals surface area (Å²) >= 11 is 0. The summed E-state index contributed by atoms with van der Waals surface area (Å²) in [6.07, 6.45) is 5.07. The third-order valence-electron chi connectivity index (χ3n) is 3.42. The normalized spacial score (nSPS) is 33.0. The Kier molecular flexibility index (Phi) is 4.19. The van der Waals surface area contributed by atoms with Crippen LogP contribution in [0.2, 0.25) is 0 Å². The Morgan fingerprint density at radius 1 is 1.40 bits per heavy atom. The molecule has 1 rings (SSSR count). The van der Waals surface area contributed by atoms with Crippen molar-refractivity contribution in [1.29, 1.82) is 0 Å². The van der Waals surface area contributed by atoms with Crippen molar-refractivity contribution < 1.29 is 4.74 Å². The Morgan fingerprint density at radius 3 is 2.53 bits per heavy atom. The summed E-state index contributed by atoms with van der Waals surface area (Å²) < 4.78 is 5.78. The SMILES string of the molecule is COC1(CNC(C)(C)C)CCCC(C)C1. The highest BCUT2D eigenvalue weighted by Gasteiger charge is 2.35. The zero-order chi connectivity index (χ0) is 11.5. The van der Waals surface area contributed by atoms with Gasteiger partial charge in [-0.05, 0) is 39.5 Å². The molecule has 90 valence electrons. The highest BCUT2D eigenvalue weighted by Crippen LogP contribution is 2.34. The van der Waals surface area contributed by atoms with E-state index in [-0.39, 0.29) is 11.1 Å². The quantitative estimate of drug-likeness (QED) is 0.778. The molecular formula is C13H27NO. The molecule has 0 aliphatic heterocycles. The molecule has 1 aliphatic carbocycles. The van der Waals surface area contributed by atoms with E-state index >= 15 is 0 Å². The van der Waals surface area contributed by atoms with Gasteiger partial charge in [0.25, 0.3) is 0 Å². The van der Waals surface area contributed by atoms with Gasteiger partial charge in [0, 0.05) is 19.2 Å². The first-order chi connectivity index (χ1) is 6.87. The smallest absolute Gasteiger partial charge is 0.0805 e. The average molecular weight is 213 g/mol. The van der Waals surface area contributed by atoms with Gasteiger partial charge in [-0.1, -0.05) is 19.8 Å². The molecule has 0 aromatic heterocycles. The Balaban J connectivity index is 2.52. The molecule has 1 fully saturated rings. The lowest BCUT2D eigenvalue weighted by molar-refractivity contribution is -0.0538. The zero-order valence-corrected chi connectivity index (χ0v) is 11.0. The molecule has 2 nitrogen and oxygen atoms in total. The number of hydrogen-bond donors (Lipinski definition) is 1. The maximum Gasteiger partial charge on any atom is 0.0805 e. The summed E-state index contributed by atoms with van der Waals surface area (Å²) in [6.45, 7) is 9.95. The van der Waals surface area contributed by atoms with Gasteiger partial charge in [0.2, 0.25) is 0 Å². The van der Waals surface area contributed by atoms with E-state index in [9.17, 15) is 0 Å². The van der Waals surface area contributed by atoms with Gasteiger partial charge in [-0.15, -0.1) is 0 Å². The van der Waals surface area contributed by atoms with E-state index in [2.05, 4.69) is 33.0 Å². The van der Waals surface area contributed by atoms with Gasteiger partial charge in [0.15, 0.2) is 0 Å². The monoisotopic (exact) mass is 213 g/mol. The van der Waals surface area contributed by atoms with E-state index in [1.165, 1.54) is 25.7 Å². The minimum Gasteiger partial charge on any atom is -0.377 e. The molecule has 15 heavy (non-hydrogen) atoms. The third kappa shape index (κ3) is 4.12. The standard InChI is InChI=1S/C13H27NO/c1-11-7-6-8-13(9-11,15-5)10-14-12(2,3)4/h11,14H,6-10H2,1-5H3. The van der Waals surface area contributed by atoms with Crippen molar-refractivity contribution in [2.75, 3.05) is 13.7 Å². The fourth-order valence-corrected chi connectivity index (χ4v) is 2.46. The van der Waals surface area contributed by atoms with Gasteiger partial charge in [-0.25, -0.2) is 0 Å². The van der Waals surface area contributed by atoms with Gasteiger partial charge in [-0.3, -0.25) is 0 Å². The molecule has 2 atom stereocenters. The number of rotatable bonds is 3. The maximum absolute atomic E-state index is 5.78. The summed E-state index contributed by atoms with van der Waals surface area (Å²) in [4.78, 5) is 0. The molecule has 0 aromatic carbocycles. The molecule has 0 spiro atoms. The van der Waals surface area contributed by atoms with Crippen LogP contribution < -0.4 is 5.32 Å². The van der Waals surface area contributed by atoms with E-state index in [4.69, 9.17) is 4.74 Å². The molecule has 2 heteroatoms. The molecule has 0 heterocycles. The van der Waals surface area contributed by atoms with Crippen LogP contribution in [-0.4, -0.2) is 24.8 Å². The predicted octanol–water partition coefficient (Wildman–Crippen LogP) is 2.97. The Labute approximate surface area is 94.8 Å². The highest BCUT2D eigenvalue weighted by molar-refractivity contribution is 4.90. The second kappa shape index (κ2) is 4.84. The summed E-state index contributed by atoms with van der Waals surface area (Å²) in [7, 11) is 1.86. The van der Waals surface area contributed by atoms with Crippen molar-refractivity contribution in [3.63, 3.8) is 0 Å². The van der Waals surface area contributed by atoms with Gasteiger partial charge in [0.1, 0.15) is 0 Å². The van der Waals surface area contributed by atoms with E-state index in [1.54, 1.807) is 0 Å². The van der Waals surface area contributed by atoms with E-state index in [0.29, 0.717) is 0 Å². The van der Waals surface area contributed by atoms with E-state index < -0.39 is 0 Å². The third-order valence-corrected chi connectivity index (χ3v) is 3.42. The first-order valence-corrected chi connectivity index (χ1v) is 6.17. The highest BCUT2D eigenvalue weighted by atomic mass is 16.5. The Bertz CT molecular complexity index is 197. The minimum absolute atomic E-state index is 0.0882. The molecule has 0 aromatic rings. The second-order valence-corrected chi connectivity index (χ2v) is 6.19. The molecule has 1 aliphatic rings. The van der Waals surface area contributed by atoms with Gasteiger partial charge >= 0.3 is 0 Å². The number of hydrogen-bond acceptors (Lipinski definition) is 2. The zero-order valence-electron chi connectivity index (χ0n) is 11.0. The first kappa shape index (κ1) is 13.0. The Morgan fingerprint density at radius 2 is 2.07 bits per heavy atom. The average Bonchev–Trinajstić information content (AvgIpc) is 2.14. The van der Waals surface area contributed by atoms with Crippen LogP contribution in [-0.2, 0) is 4.74 Å². The summed E-state index contributed by atoms with van der Waals surface area (Å²) in [5, 5.41) is 3.58. The lowest BCUT2D eigenvalue weighted by Gasteiger charge is -2.41. The number of nitrogens with one attached hydrogen (secondary N) is 1. The van der Waals surface area contributed by atoms with Crippen LogP contribution in [0.25, 0.3) is 0 Å². The van der Waals surface area contributed by atoms with Crippen LogP contribution >= 0.6 is 0 Å². The van der Waals surface area contributed by atoms with E-state index in [0.717, 1.165) is 12.5 Å². The van der Waals surface area contributed by atoms with Crippen LogP contribution in [0, 0.1) is 5.92 Å². The number of ether oxygens (including phenoxy) is 1. The van der Waals surface area contributed by atoms with Crippen LogP contribution in [0.1, 0.15) is 53.4 Å². The maximum atomic E-state index is 5.78. The molecule has 2 unspecified atom stereocenters. The fourth-order valence-electron chi connectivity index (χ4n) is 2.46. The van der Waals surface area contributed by atoms with Crippen molar-refractivity contribution in [3.05, 3.63) is 0 Å². The summed E-state index contributed by atoms with van der Waals surface area (Å²) in [6, 6.07) is 0. The lowest BCUT2D eigenvalue weighted by atomic mass is 9.78. The molecular weight excluding hydrogens is 186 g/mol. The van der Waals surface area contributed by atoms with Crippen molar-refractivity contribution in [3.8, 4) is 0 Å². The number of methoxy groups -OCH3 is 1. The van der Waals surface area contributed by atoms with Crippen molar-refractivity contribution in [2.24, 2.45) is 5.92 Å². The molecule has 0 bridgehead atoms. The Hall–Kier alpha value is -0.0800. The fraction of sp³-hybridized carbons (Fsp3) is 1.00. The van der Waals surface area contributed by atoms with Crippen LogP contribution in [0.5, 0.6) is 0 Å². The van der Waals surface area contributed by atoms with Crippen LogP contribution in [0.4, 0.5) is 0 Å².